The molecule has 8 nitrogen and oxygen atoms in total. The molecule has 1 saturated heterocycles. The Hall–Kier alpha value is -2.12. The van der Waals surface area contributed by atoms with Crippen LogP contribution in [-0.2, 0) is 0 Å². The molecule has 1 fully saturated rings. The second-order valence-electron chi connectivity index (χ2n) is 5.70. The summed E-state index contributed by atoms with van der Waals surface area (Å²) >= 11 is 0. The highest BCUT2D eigenvalue weighted by molar-refractivity contribution is 5.71. The van der Waals surface area contributed by atoms with Crippen LogP contribution in [0.2, 0.25) is 0 Å². The van der Waals surface area contributed by atoms with Crippen LogP contribution in [0.3, 0.4) is 0 Å². The molecule has 1 aliphatic heterocycles. The Morgan fingerprint density at radius 3 is 2.64 bits per heavy atom. The van der Waals surface area contributed by atoms with Crippen molar-refractivity contribution in [2.24, 2.45) is 5.92 Å². The molecule has 2 N–H and O–H groups in total. The number of rotatable bonds is 5. The third-order valence-corrected chi connectivity index (χ3v) is 4.07. The van der Waals surface area contributed by atoms with E-state index in [4.69, 9.17) is 5.73 Å². The first-order valence-corrected chi connectivity index (χ1v) is 7.79. The zero-order valence-corrected chi connectivity index (χ0v) is 13.4. The molecule has 0 aromatic carbocycles. The minimum atomic E-state index is -0.476. The molecule has 8 heteroatoms. The van der Waals surface area contributed by atoms with Crippen molar-refractivity contribution < 1.29 is 4.92 Å². The molecule has 22 heavy (non-hydrogen) atoms. The fourth-order valence-corrected chi connectivity index (χ4v) is 2.87. The first-order valence-electron chi connectivity index (χ1n) is 7.79. The minimum Gasteiger partial charge on any atom is -0.378 e. The van der Waals surface area contributed by atoms with E-state index in [1.54, 1.807) is 0 Å². The average molecular weight is 308 g/mol. The van der Waals surface area contributed by atoms with Crippen LogP contribution in [0.4, 0.5) is 23.3 Å². The van der Waals surface area contributed by atoms with Gasteiger partial charge in [-0.2, -0.15) is 9.97 Å². The number of nitrogens with zero attached hydrogens (tertiary/aromatic N) is 5. The van der Waals surface area contributed by atoms with Gasteiger partial charge in [0, 0.05) is 26.2 Å². The first kappa shape index (κ1) is 16.3. The Morgan fingerprint density at radius 1 is 1.41 bits per heavy atom. The van der Waals surface area contributed by atoms with Crippen molar-refractivity contribution in [1.82, 2.24) is 9.97 Å². The molecule has 1 aromatic heterocycles. The van der Waals surface area contributed by atoms with Gasteiger partial charge < -0.3 is 15.5 Å². The highest BCUT2D eigenvalue weighted by Crippen LogP contribution is 2.34. The molecule has 0 unspecified atom stereocenters. The Labute approximate surface area is 130 Å². The fourth-order valence-electron chi connectivity index (χ4n) is 2.87. The summed E-state index contributed by atoms with van der Waals surface area (Å²) in [7, 11) is 0. The van der Waals surface area contributed by atoms with Gasteiger partial charge in [-0.05, 0) is 32.6 Å². The van der Waals surface area contributed by atoms with Crippen LogP contribution in [0.25, 0.3) is 0 Å². The van der Waals surface area contributed by atoms with E-state index in [1.165, 1.54) is 0 Å². The smallest absolute Gasteiger partial charge is 0.353 e. The number of nitro groups is 1. The van der Waals surface area contributed by atoms with Gasteiger partial charge in [0.15, 0.2) is 0 Å². The quantitative estimate of drug-likeness (QED) is 0.656. The number of nitrogen functional groups attached to an aromatic ring is 1. The molecular formula is C14H24N6O2. The number of hydrogen-bond donors (Lipinski definition) is 1. The SMILES string of the molecule is CCN(CC)c1nc(N)c([N+](=O)[O-])c(N2CCC[C@@H](C)C2)n1. The summed E-state index contributed by atoms with van der Waals surface area (Å²) in [5.74, 6) is 1.24. The molecule has 0 saturated carbocycles. The van der Waals surface area contributed by atoms with Crippen LogP contribution in [0.5, 0.6) is 0 Å². The molecule has 2 heterocycles. The lowest BCUT2D eigenvalue weighted by molar-refractivity contribution is -0.383. The van der Waals surface area contributed by atoms with Gasteiger partial charge in [0.1, 0.15) is 0 Å². The lowest BCUT2D eigenvalue weighted by atomic mass is 10.0. The normalized spacial score (nSPS) is 18.3. The zero-order valence-electron chi connectivity index (χ0n) is 13.4. The molecule has 0 aliphatic carbocycles. The molecule has 0 bridgehead atoms. The summed E-state index contributed by atoms with van der Waals surface area (Å²) in [6, 6.07) is 0. The van der Waals surface area contributed by atoms with E-state index < -0.39 is 4.92 Å². The van der Waals surface area contributed by atoms with Gasteiger partial charge in [-0.15, -0.1) is 0 Å². The number of nitrogens with two attached hydrogens (primary N) is 1. The Kier molecular flexibility index (Phi) is 4.99. The predicted octanol–water partition coefficient (Wildman–Crippen LogP) is 2.05. The number of hydrogen-bond acceptors (Lipinski definition) is 7. The predicted molar refractivity (Wildman–Crippen MR) is 87.3 cm³/mol. The van der Waals surface area contributed by atoms with E-state index >= 15 is 0 Å². The lowest BCUT2D eigenvalue weighted by Crippen LogP contribution is -2.36. The van der Waals surface area contributed by atoms with Crippen molar-refractivity contribution >= 4 is 23.3 Å². The van der Waals surface area contributed by atoms with Crippen LogP contribution in [-0.4, -0.2) is 41.1 Å². The highest BCUT2D eigenvalue weighted by Gasteiger charge is 2.30. The lowest BCUT2D eigenvalue weighted by Gasteiger charge is -2.32. The summed E-state index contributed by atoms with van der Waals surface area (Å²) < 4.78 is 0. The standard InChI is InChI=1S/C14H24N6O2/c1-4-18(5-2)14-16-12(15)11(20(21)22)13(17-14)19-8-6-7-10(3)9-19/h10H,4-9H2,1-3H3,(H2,15,16,17)/t10-/m1/s1. The number of aromatic nitrogens is 2. The molecular weight excluding hydrogens is 284 g/mol. The van der Waals surface area contributed by atoms with Gasteiger partial charge in [0.2, 0.25) is 17.6 Å². The van der Waals surface area contributed by atoms with Gasteiger partial charge in [0.05, 0.1) is 4.92 Å². The second kappa shape index (κ2) is 6.76. The van der Waals surface area contributed by atoms with Crippen molar-refractivity contribution in [3.63, 3.8) is 0 Å². The summed E-state index contributed by atoms with van der Waals surface area (Å²) in [4.78, 5) is 23.4. The molecule has 1 atom stereocenters. The minimum absolute atomic E-state index is 0.0601. The van der Waals surface area contributed by atoms with Crippen LogP contribution in [0.15, 0.2) is 0 Å². The highest BCUT2D eigenvalue weighted by atomic mass is 16.6. The maximum Gasteiger partial charge on any atom is 0.353 e. The first-order chi connectivity index (χ1) is 10.5. The van der Waals surface area contributed by atoms with E-state index in [1.807, 2.05) is 23.6 Å². The summed E-state index contributed by atoms with van der Waals surface area (Å²) in [6.07, 6.45) is 2.14. The van der Waals surface area contributed by atoms with Gasteiger partial charge in [-0.3, -0.25) is 10.1 Å². The molecule has 1 aromatic rings. The van der Waals surface area contributed by atoms with Gasteiger partial charge in [0.25, 0.3) is 0 Å². The van der Waals surface area contributed by atoms with Crippen LogP contribution < -0.4 is 15.5 Å². The van der Waals surface area contributed by atoms with Gasteiger partial charge >= 0.3 is 5.69 Å². The third kappa shape index (κ3) is 3.20. The van der Waals surface area contributed by atoms with Gasteiger partial charge in [-0.25, -0.2) is 0 Å². The van der Waals surface area contributed by atoms with E-state index in [0.29, 0.717) is 17.7 Å². The van der Waals surface area contributed by atoms with E-state index in [2.05, 4.69) is 16.9 Å². The van der Waals surface area contributed by atoms with E-state index in [-0.39, 0.29) is 11.5 Å². The fraction of sp³-hybridized carbons (Fsp3) is 0.714. The van der Waals surface area contributed by atoms with Crippen LogP contribution in [0, 0.1) is 16.0 Å². The maximum absolute atomic E-state index is 11.4. The maximum atomic E-state index is 11.4. The van der Waals surface area contributed by atoms with Crippen molar-refractivity contribution in [3.05, 3.63) is 10.1 Å². The largest absolute Gasteiger partial charge is 0.378 e. The summed E-state index contributed by atoms with van der Waals surface area (Å²) in [5.41, 5.74) is 5.69. The molecule has 2 rings (SSSR count). The van der Waals surface area contributed by atoms with E-state index in [9.17, 15) is 10.1 Å². The summed E-state index contributed by atoms with van der Waals surface area (Å²) in [6.45, 7) is 9.11. The zero-order chi connectivity index (χ0) is 16.3. The molecule has 0 amide bonds. The van der Waals surface area contributed by atoms with Gasteiger partial charge in [-0.1, -0.05) is 6.92 Å². The Bertz CT molecular complexity index is 546. The van der Waals surface area contributed by atoms with E-state index in [0.717, 1.165) is 39.0 Å². The summed E-state index contributed by atoms with van der Waals surface area (Å²) in [5, 5.41) is 11.4. The number of anilines is 3. The molecule has 0 spiro atoms. The Morgan fingerprint density at radius 2 is 2.09 bits per heavy atom. The van der Waals surface area contributed by atoms with Crippen molar-refractivity contribution in [3.8, 4) is 0 Å². The molecule has 122 valence electrons. The van der Waals surface area contributed by atoms with Crippen LogP contribution >= 0.6 is 0 Å². The Balaban J connectivity index is 2.49. The monoisotopic (exact) mass is 308 g/mol. The van der Waals surface area contributed by atoms with Crippen molar-refractivity contribution in [1.29, 1.82) is 0 Å². The second-order valence-corrected chi connectivity index (χ2v) is 5.70. The van der Waals surface area contributed by atoms with Crippen molar-refractivity contribution in [2.45, 2.75) is 33.6 Å². The molecule has 0 radical (unpaired) electrons. The third-order valence-electron chi connectivity index (χ3n) is 4.07. The van der Waals surface area contributed by atoms with Crippen molar-refractivity contribution in [2.75, 3.05) is 41.7 Å². The topological polar surface area (TPSA) is 101 Å². The van der Waals surface area contributed by atoms with Crippen LogP contribution in [0.1, 0.15) is 33.6 Å². The number of piperidine rings is 1. The average Bonchev–Trinajstić information content (AvgIpc) is 2.47. The molecule has 1 aliphatic rings.